The van der Waals surface area contributed by atoms with Gasteiger partial charge in [0.1, 0.15) is 5.82 Å². The predicted octanol–water partition coefficient (Wildman–Crippen LogP) is 4.89. The van der Waals surface area contributed by atoms with E-state index in [-0.39, 0.29) is 11.1 Å². The third kappa shape index (κ3) is 4.10. The number of thioether (sulfide) groups is 1. The van der Waals surface area contributed by atoms with Crippen LogP contribution in [0.4, 0.5) is 4.39 Å². The van der Waals surface area contributed by atoms with Crippen LogP contribution >= 0.6 is 11.8 Å². The fraction of sp³-hybridized carbons (Fsp3) is 0.389. The van der Waals surface area contributed by atoms with Gasteiger partial charge in [0.25, 0.3) is 0 Å². The van der Waals surface area contributed by atoms with E-state index < -0.39 is 0 Å². The first-order valence-corrected chi connectivity index (χ1v) is 9.10. The molecule has 0 spiro atoms. The van der Waals surface area contributed by atoms with Gasteiger partial charge in [-0.15, -0.1) is 0 Å². The molecule has 25 heavy (non-hydrogen) atoms. The summed E-state index contributed by atoms with van der Waals surface area (Å²) in [6.45, 7) is 8.96. The van der Waals surface area contributed by atoms with Crippen LogP contribution in [-0.4, -0.2) is 19.7 Å². The highest BCUT2D eigenvalue weighted by molar-refractivity contribution is 7.99. The van der Waals surface area contributed by atoms with E-state index in [2.05, 4.69) is 33.5 Å². The summed E-state index contributed by atoms with van der Waals surface area (Å²) in [4.78, 5) is 8.88. The molecule has 1 aromatic carbocycles. The van der Waals surface area contributed by atoms with Gasteiger partial charge in [-0.3, -0.25) is 0 Å². The summed E-state index contributed by atoms with van der Waals surface area (Å²) in [5.41, 5.74) is 1.92. The van der Waals surface area contributed by atoms with Crippen molar-refractivity contribution in [2.45, 2.75) is 44.6 Å². The van der Waals surface area contributed by atoms with Gasteiger partial charge in [0.05, 0.1) is 17.1 Å². The van der Waals surface area contributed by atoms with Crippen molar-refractivity contribution in [2.24, 2.45) is 5.92 Å². The van der Waals surface area contributed by atoms with Gasteiger partial charge in [0.15, 0.2) is 11.0 Å². The number of benzene rings is 1. The first-order chi connectivity index (χ1) is 11.9. The van der Waals surface area contributed by atoms with Crippen molar-refractivity contribution in [3.8, 4) is 11.3 Å². The summed E-state index contributed by atoms with van der Waals surface area (Å²) >= 11 is 1.58. The molecule has 0 saturated heterocycles. The molecule has 3 aromatic rings. The van der Waals surface area contributed by atoms with Crippen LogP contribution in [0.3, 0.4) is 0 Å². The Bertz CT molecular complexity index is 841. The van der Waals surface area contributed by atoms with Gasteiger partial charge in [-0.2, -0.15) is 4.98 Å². The minimum Gasteiger partial charge on any atom is -0.338 e. The summed E-state index contributed by atoms with van der Waals surface area (Å²) in [7, 11) is 0. The molecule has 132 valence electrons. The maximum absolute atomic E-state index is 13.2. The Kier molecular flexibility index (Phi) is 5.22. The summed E-state index contributed by atoms with van der Waals surface area (Å²) in [6, 6.07) is 6.50. The smallest absolute Gasteiger partial charge is 0.239 e. The van der Waals surface area contributed by atoms with Gasteiger partial charge in [0.2, 0.25) is 5.89 Å². The molecule has 0 N–H and O–H groups in total. The average Bonchev–Trinajstić information content (AvgIpc) is 3.15. The van der Waals surface area contributed by atoms with Crippen molar-refractivity contribution in [3.05, 3.63) is 48.0 Å². The lowest BCUT2D eigenvalue weighted by atomic mass is 10.1. The molecule has 0 aliphatic heterocycles. The molecular weight excluding hydrogens is 339 g/mol. The normalized spacial score (nSPS) is 12.7. The maximum Gasteiger partial charge on any atom is 0.239 e. The third-order valence-electron chi connectivity index (χ3n) is 3.68. The van der Waals surface area contributed by atoms with Crippen LogP contribution in [0.15, 0.2) is 40.1 Å². The molecule has 3 rings (SSSR count). The molecule has 0 aliphatic carbocycles. The minimum absolute atomic E-state index is 0.00409. The van der Waals surface area contributed by atoms with Crippen molar-refractivity contribution in [1.29, 1.82) is 0 Å². The standard InChI is InChI=1S/C18H21FN4OS/c1-11(2)10-23-16(14-5-7-15(19)8-6-14)9-20-18(23)25-12(3)17-21-13(4)22-24-17/h5-9,11-12H,10H2,1-4H3. The van der Waals surface area contributed by atoms with Gasteiger partial charge in [0, 0.05) is 6.54 Å². The Balaban J connectivity index is 1.92. The Labute approximate surface area is 150 Å². The maximum atomic E-state index is 13.2. The second kappa shape index (κ2) is 7.39. The summed E-state index contributed by atoms with van der Waals surface area (Å²) < 4.78 is 20.7. The minimum atomic E-state index is -0.242. The Morgan fingerprint density at radius 3 is 2.52 bits per heavy atom. The number of halogens is 1. The monoisotopic (exact) mass is 360 g/mol. The van der Waals surface area contributed by atoms with E-state index in [0.29, 0.717) is 17.6 Å². The molecular formula is C18H21FN4OS. The number of rotatable bonds is 6. The number of hydrogen-bond donors (Lipinski definition) is 0. The molecule has 7 heteroatoms. The number of nitrogens with zero attached hydrogens (tertiary/aromatic N) is 4. The Morgan fingerprint density at radius 1 is 1.20 bits per heavy atom. The van der Waals surface area contributed by atoms with Crippen LogP contribution < -0.4 is 0 Å². The zero-order valence-electron chi connectivity index (χ0n) is 14.7. The summed E-state index contributed by atoms with van der Waals surface area (Å²) in [5.74, 6) is 1.42. The van der Waals surface area contributed by atoms with E-state index in [9.17, 15) is 4.39 Å². The van der Waals surface area contributed by atoms with Crippen molar-refractivity contribution >= 4 is 11.8 Å². The van der Waals surface area contributed by atoms with Gasteiger partial charge in [-0.25, -0.2) is 9.37 Å². The highest BCUT2D eigenvalue weighted by atomic mass is 32.2. The van der Waals surface area contributed by atoms with E-state index in [0.717, 1.165) is 23.0 Å². The van der Waals surface area contributed by atoms with Crippen LogP contribution in [0.25, 0.3) is 11.3 Å². The zero-order valence-corrected chi connectivity index (χ0v) is 15.5. The van der Waals surface area contributed by atoms with E-state index in [4.69, 9.17) is 4.52 Å². The first kappa shape index (κ1) is 17.7. The lowest BCUT2D eigenvalue weighted by molar-refractivity contribution is 0.376. The summed E-state index contributed by atoms with van der Waals surface area (Å²) in [6.07, 6.45) is 1.84. The molecule has 2 heterocycles. The Hall–Kier alpha value is -2.15. The largest absolute Gasteiger partial charge is 0.338 e. The predicted molar refractivity (Wildman–Crippen MR) is 95.8 cm³/mol. The quantitative estimate of drug-likeness (QED) is 0.586. The van der Waals surface area contributed by atoms with E-state index in [1.807, 2.05) is 13.1 Å². The molecule has 5 nitrogen and oxygen atoms in total. The Morgan fingerprint density at radius 2 is 1.92 bits per heavy atom. The van der Waals surface area contributed by atoms with Crippen molar-refractivity contribution in [2.75, 3.05) is 0 Å². The SMILES string of the molecule is Cc1noc(C(C)Sc2ncc(-c3ccc(F)cc3)n2CC(C)C)n1. The molecule has 0 fully saturated rings. The fourth-order valence-corrected chi connectivity index (χ4v) is 3.46. The number of aryl methyl sites for hydroxylation is 1. The van der Waals surface area contributed by atoms with E-state index in [1.165, 1.54) is 12.1 Å². The average molecular weight is 360 g/mol. The van der Waals surface area contributed by atoms with Gasteiger partial charge >= 0.3 is 0 Å². The zero-order chi connectivity index (χ0) is 18.0. The molecule has 1 atom stereocenters. The number of hydrogen-bond acceptors (Lipinski definition) is 5. The van der Waals surface area contributed by atoms with Gasteiger partial charge in [-0.05, 0) is 49.6 Å². The van der Waals surface area contributed by atoms with Crippen LogP contribution in [-0.2, 0) is 6.54 Å². The second-order valence-electron chi connectivity index (χ2n) is 6.38. The highest BCUT2D eigenvalue weighted by Gasteiger charge is 2.20. The van der Waals surface area contributed by atoms with Crippen LogP contribution in [0, 0.1) is 18.7 Å². The van der Waals surface area contributed by atoms with Crippen LogP contribution in [0.5, 0.6) is 0 Å². The molecule has 0 radical (unpaired) electrons. The van der Waals surface area contributed by atoms with Gasteiger partial charge in [-0.1, -0.05) is 30.8 Å². The molecule has 0 bridgehead atoms. The van der Waals surface area contributed by atoms with Crippen LogP contribution in [0.2, 0.25) is 0 Å². The van der Waals surface area contributed by atoms with Gasteiger partial charge < -0.3 is 9.09 Å². The second-order valence-corrected chi connectivity index (χ2v) is 7.69. The lowest BCUT2D eigenvalue weighted by Gasteiger charge is -2.15. The summed E-state index contributed by atoms with van der Waals surface area (Å²) in [5, 5.41) is 4.73. The lowest BCUT2D eigenvalue weighted by Crippen LogP contribution is -2.08. The number of imidazole rings is 1. The number of aromatic nitrogens is 4. The van der Waals surface area contributed by atoms with Crippen LogP contribution in [0.1, 0.15) is 37.7 Å². The van der Waals surface area contributed by atoms with E-state index >= 15 is 0 Å². The molecule has 1 unspecified atom stereocenters. The molecule has 0 aliphatic rings. The molecule has 0 amide bonds. The molecule has 2 aromatic heterocycles. The topological polar surface area (TPSA) is 56.7 Å². The first-order valence-electron chi connectivity index (χ1n) is 8.22. The van der Waals surface area contributed by atoms with Crippen molar-refractivity contribution in [1.82, 2.24) is 19.7 Å². The fourth-order valence-electron chi connectivity index (χ4n) is 2.53. The highest BCUT2D eigenvalue weighted by Crippen LogP contribution is 2.36. The third-order valence-corrected chi connectivity index (χ3v) is 4.77. The molecule has 0 saturated carbocycles. The van der Waals surface area contributed by atoms with Crippen molar-refractivity contribution in [3.63, 3.8) is 0 Å². The van der Waals surface area contributed by atoms with E-state index in [1.54, 1.807) is 30.8 Å². The van der Waals surface area contributed by atoms with Crippen molar-refractivity contribution < 1.29 is 8.91 Å².